The van der Waals surface area contributed by atoms with Crippen LogP contribution in [0.1, 0.15) is 79.1 Å². The van der Waals surface area contributed by atoms with Crippen LogP contribution in [0.4, 0.5) is 4.79 Å². The predicted molar refractivity (Wildman–Crippen MR) is 107 cm³/mol. The molecule has 0 fully saturated rings. The van der Waals surface area contributed by atoms with Crippen molar-refractivity contribution in [1.82, 2.24) is 0 Å². The number of hydrogen-bond acceptors (Lipinski definition) is 5. The van der Waals surface area contributed by atoms with Crippen LogP contribution >= 0.6 is 0 Å². The van der Waals surface area contributed by atoms with Gasteiger partial charge in [-0.25, -0.2) is 4.79 Å². The smallest absolute Gasteiger partial charge is 0.450 e. The molecule has 161 valence electrons. The second-order valence-corrected chi connectivity index (χ2v) is 4.85. The van der Waals surface area contributed by atoms with E-state index in [1.807, 2.05) is 0 Å². The van der Waals surface area contributed by atoms with Crippen molar-refractivity contribution >= 4 is 6.16 Å². The summed E-state index contributed by atoms with van der Waals surface area (Å²) >= 11 is 0. The van der Waals surface area contributed by atoms with Gasteiger partial charge < -0.3 is 33.1 Å². The van der Waals surface area contributed by atoms with E-state index in [1.54, 1.807) is 0 Å². The van der Waals surface area contributed by atoms with Gasteiger partial charge in [0.1, 0.15) is 0 Å². The standard InChI is InChI=1S/4C4H11N.CH2O3.Co/c4*1-2-3-4-5;2-1(3)4;/h4*2-5H2,1H3;(H2,2,3,4);. The molecule has 0 heterocycles. The summed E-state index contributed by atoms with van der Waals surface area (Å²) in [6.07, 6.45) is 7.71. The Bertz CT molecular complexity index is 144. The van der Waals surface area contributed by atoms with Crippen molar-refractivity contribution in [2.75, 3.05) is 26.2 Å². The molecule has 0 aliphatic rings. The van der Waals surface area contributed by atoms with E-state index >= 15 is 0 Å². The second kappa shape index (κ2) is 56.5. The first-order valence-electron chi connectivity index (χ1n) is 9.11. The SMILES string of the molecule is CCCCN.CCCCN.CCCCN.CCCCN.O=C(O)O.[Co]. The van der Waals surface area contributed by atoms with E-state index in [2.05, 4.69) is 27.7 Å². The molecule has 25 heavy (non-hydrogen) atoms. The Morgan fingerprint density at radius 2 is 0.720 bits per heavy atom. The van der Waals surface area contributed by atoms with E-state index < -0.39 is 6.16 Å². The first-order valence-corrected chi connectivity index (χ1v) is 9.11. The van der Waals surface area contributed by atoms with Gasteiger partial charge in [0.15, 0.2) is 0 Å². The number of nitrogens with two attached hydrogens (primary N) is 4. The third kappa shape index (κ3) is 190. The molecule has 0 atom stereocenters. The monoisotopic (exact) mass is 413 g/mol. The normalized spacial score (nSPS) is 7.68. The fourth-order valence-corrected chi connectivity index (χ4v) is 0.816. The number of carboxylic acid groups (broad SMARTS) is 2. The predicted octanol–water partition coefficient (Wildman–Crippen LogP) is 3.20. The molecule has 0 amide bonds. The van der Waals surface area contributed by atoms with Gasteiger partial charge in [-0.15, -0.1) is 0 Å². The van der Waals surface area contributed by atoms with Crippen molar-refractivity contribution < 1.29 is 31.8 Å². The van der Waals surface area contributed by atoms with Crippen LogP contribution in [-0.2, 0) is 16.8 Å². The molecule has 7 nitrogen and oxygen atoms in total. The summed E-state index contributed by atoms with van der Waals surface area (Å²) in [4.78, 5) is 8.56. The van der Waals surface area contributed by atoms with Crippen molar-refractivity contribution in [2.24, 2.45) is 22.9 Å². The summed E-state index contributed by atoms with van der Waals surface area (Å²) < 4.78 is 0. The number of rotatable bonds is 8. The van der Waals surface area contributed by atoms with Crippen molar-refractivity contribution in [3.05, 3.63) is 0 Å². The average Bonchev–Trinajstić information content (AvgIpc) is 2.52. The largest absolute Gasteiger partial charge is 0.503 e. The van der Waals surface area contributed by atoms with Crippen molar-refractivity contribution in [3.63, 3.8) is 0 Å². The summed E-state index contributed by atoms with van der Waals surface area (Å²) in [6.45, 7) is 11.9. The van der Waals surface area contributed by atoms with Gasteiger partial charge in [-0.1, -0.05) is 53.4 Å². The maximum atomic E-state index is 8.56. The zero-order valence-corrected chi connectivity index (χ0v) is 18.0. The van der Waals surface area contributed by atoms with Crippen LogP contribution in [0, 0.1) is 0 Å². The van der Waals surface area contributed by atoms with Gasteiger partial charge in [0.2, 0.25) is 0 Å². The zero-order chi connectivity index (χ0) is 20.1. The summed E-state index contributed by atoms with van der Waals surface area (Å²) in [5.41, 5.74) is 20.6. The molecule has 0 aromatic rings. The quantitative estimate of drug-likeness (QED) is 0.356. The Balaban J connectivity index is -0.0000000448. The Hall–Kier alpha value is -0.384. The first kappa shape index (κ1) is 39.6. The summed E-state index contributed by atoms with van der Waals surface area (Å²) in [5, 5.41) is 13.9. The van der Waals surface area contributed by atoms with Gasteiger partial charge >= 0.3 is 6.16 Å². The van der Waals surface area contributed by atoms with Crippen LogP contribution in [0.15, 0.2) is 0 Å². The first-order chi connectivity index (χ1) is 11.4. The molecule has 0 aliphatic heterocycles. The van der Waals surface area contributed by atoms with Crippen molar-refractivity contribution in [3.8, 4) is 0 Å². The molecule has 0 aromatic heterocycles. The molecule has 1 radical (unpaired) electrons. The van der Waals surface area contributed by atoms with E-state index in [9.17, 15) is 0 Å². The molecular formula is C17H46CoN4O3. The minimum Gasteiger partial charge on any atom is -0.450 e. The zero-order valence-electron chi connectivity index (χ0n) is 16.9. The fourth-order valence-electron chi connectivity index (χ4n) is 0.816. The van der Waals surface area contributed by atoms with Gasteiger partial charge in [0.05, 0.1) is 0 Å². The van der Waals surface area contributed by atoms with E-state index in [4.69, 9.17) is 37.9 Å². The average molecular weight is 414 g/mol. The van der Waals surface area contributed by atoms with E-state index in [0.717, 1.165) is 26.2 Å². The molecule has 0 unspecified atom stereocenters. The van der Waals surface area contributed by atoms with Gasteiger partial charge in [0, 0.05) is 16.8 Å². The van der Waals surface area contributed by atoms with Gasteiger partial charge in [-0.2, -0.15) is 0 Å². The molecule has 0 aromatic carbocycles. The molecule has 10 N–H and O–H groups in total. The van der Waals surface area contributed by atoms with E-state index in [-0.39, 0.29) is 16.8 Å². The number of unbranched alkanes of at least 4 members (excludes halogenated alkanes) is 4. The maximum Gasteiger partial charge on any atom is 0.503 e. The van der Waals surface area contributed by atoms with Crippen LogP contribution in [0.3, 0.4) is 0 Å². The van der Waals surface area contributed by atoms with Gasteiger partial charge in [0.25, 0.3) is 0 Å². The van der Waals surface area contributed by atoms with Crippen molar-refractivity contribution in [2.45, 2.75) is 79.1 Å². The minimum atomic E-state index is -1.83. The van der Waals surface area contributed by atoms with E-state index in [1.165, 1.54) is 51.4 Å². The number of hydrogen-bond donors (Lipinski definition) is 6. The molecular weight excluding hydrogens is 367 g/mol. The van der Waals surface area contributed by atoms with Gasteiger partial charge in [-0.3, -0.25) is 0 Å². The Morgan fingerprint density at radius 1 is 0.600 bits per heavy atom. The molecule has 0 spiro atoms. The maximum absolute atomic E-state index is 8.56. The van der Waals surface area contributed by atoms with Crippen LogP contribution in [0.2, 0.25) is 0 Å². The molecule has 0 saturated heterocycles. The van der Waals surface area contributed by atoms with Gasteiger partial charge in [-0.05, 0) is 51.9 Å². The van der Waals surface area contributed by atoms with E-state index in [0.29, 0.717) is 0 Å². The summed E-state index contributed by atoms with van der Waals surface area (Å²) in [7, 11) is 0. The molecule has 0 bridgehead atoms. The van der Waals surface area contributed by atoms with Crippen molar-refractivity contribution in [1.29, 1.82) is 0 Å². The Morgan fingerprint density at radius 3 is 0.720 bits per heavy atom. The second-order valence-electron chi connectivity index (χ2n) is 4.85. The fraction of sp³-hybridized carbons (Fsp3) is 0.941. The topological polar surface area (TPSA) is 162 Å². The van der Waals surface area contributed by atoms with Crippen LogP contribution < -0.4 is 22.9 Å². The summed E-state index contributed by atoms with van der Waals surface area (Å²) in [6, 6.07) is 0. The molecule has 0 rings (SSSR count). The molecule has 0 saturated carbocycles. The Kier molecular flexibility index (Phi) is 89.6. The van der Waals surface area contributed by atoms with Crippen LogP contribution in [0.5, 0.6) is 0 Å². The Labute approximate surface area is 166 Å². The molecule has 0 aliphatic carbocycles. The molecule has 8 heteroatoms. The minimum absolute atomic E-state index is 0. The number of carbonyl (C=O) groups is 1. The summed E-state index contributed by atoms with van der Waals surface area (Å²) in [5.74, 6) is 0. The van der Waals surface area contributed by atoms with Crippen LogP contribution in [-0.4, -0.2) is 42.5 Å². The third-order valence-corrected chi connectivity index (χ3v) is 2.23. The van der Waals surface area contributed by atoms with Crippen LogP contribution in [0.25, 0.3) is 0 Å². The third-order valence-electron chi connectivity index (χ3n) is 2.23.